The van der Waals surface area contributed by atoms with Crippen molar-refractivity contribution in [1.82, 2.24) is 5.43 Å². The predicted molar refractivity (Wildman–Crippen MR) is 138 cm³/mol. The van der Waals surface area contributed by atoms with Crippen LogP contribution in [0.5, 0.6) is 11.5 Å². The molecule has 0 unspecified atom stereocenters. The van der Waals surface area contributed by atoms with Crippen LogP contribution in [0.3, 0.4) is 0 Å². The average Bonchev–Trinajstić information content (AvgIpc) is 2.83. The first kappa shape index (κ1) is 23.0. The summed E-state index contributed by atoms with van der Waals surface area (Å²) in [6, 6.07) is 27.2. The lowest BCUT2D eigenvalue weighted by molar-refractivity contribution is -0.123. The Bertz CT molecular complexity index is 1310. The highest BCUT2D eigenvalue weighted by molar-refractivity contribution is 9.10. The van der Waals surface area contributed by atoms with Gasteiger partial charge in [0.1, 0.15) is 18.1 Å². The van der Waals surface area contributed by atoms with Crippen molar-refractivity contribution >= 4 is 54.8 Å². The van der Waals surface area contributed by atoms with Crippen LogP contribution >= 0.6 is 31.9 Å². The smallest absolute Gasteiger partial charge is 0.277 e. The SMILES string of the molecule is O=C(COc1ccccc1Br)NN=Cc1c(OCc2cccc(Br)c2)ccc2ccccc12. The number of carbonyl (C=O) groups is 1. The van der Waals surface area contributed by atoms with Crippen molar-refractivity contribution in [3.63, 3.8) is 0 Å². The molecule has 0 aromatic heterocycles. The summed E-state index contributed by atoms with van der Waals surface area (Å²) in [7, 11) is 0. The van der Waals surface area contributed by atoms with Gasteiger partial charge in [-0.05, 0) is 62.6 Å². The molecule has 0 heterocycles. The molecule has 0 aliphatic rings. The topological polar surface area (TPSA) is 59.9 Å². The third-order valence-electron chi connectivity index (χ3n) is 4.79. The molecule has 33 heavy (non-hydrogen) atoms. The van der Waals surface area contributed by atoms with Gasteiger partial charge in [0.05, 0.1) is 10.7 Å². The highest BCUT2D eigenvalue weighted by Gasteiger charge is 2.09. The molecular weight excluding hydrogens is 548 g/mol. The Morgan fingerprint density at radius 2 is 1.70 bits per heavy atom. The Labute approximate surface area is 208 Å². The molecule has 4 rings (SSSR count). The van der Waals surface area contributed by atoms with Crippen LogP contribution in [0.2, 0.25) is 0 Å². The number of amides is 1. The van der Waals surface area contributed by atoms with E-state index in [2.05, 4.69) is 42.4 Å². The third-order valence-corrected chi connectivity index (χ3v) is 5.94. The molecule has 1 amide bonds. The first-order valence-electron chi connectivity index (χ1n) is 10.2. The van der Waals surface area contributed by atoms with Gasteiger partial charge >= 0.3 is 0 Å². The maximum atomic E-state index is 12.2. The van der Waals surface area contributed by atoms with E-state index < -0.39 is 0 Å². The van der Waals surface area contributed by atoms with Gasteiger partial charge in [0.25, 0.3) is 5.91 Å². The summed E-state index contributed by atoms with van der Waals surface area (Å²) >= 11 is 6.88. The lowest BCUT2D eigenvalue weighted by Crippen LogP contribution is -2.24. The molecule has 0 fully saturated rings. The molecule has 0 saturated heterocycles. The van der Waals surface area contributed by atoms with Gasteiger partial charge < -0.3 is 9.47 Å². The number of hydrazone groups is 1. The maximum Gasteiger partial charge on any atom is 0.277 e. The number of fused-ring (bicyclic) bond motifs is 1. The summed E-state index contributed by atoms with van der Waals surface area (Å²) in [4.78, 5) is 12.2. The normalized spacial score (nSPS) is 11.0. The van der Waals surface area contributed by atoms with E-state index in [1.54, 1.807) is 12.3 Å². The highest BCUT2D eigenvalue weighted by atomic mass is 79.9. The Balaban J connectivity index is 1.48. The van der Waals surface area contributed by atoms with E-state index in [4.69, 9.17) is 9.47 Å². The quantitative estimate of drug-likeness (QED) is 0.196. The minimum Gasteiger partial charge on any atom is -0.488 e. The Morgan fingerprint density at radius 3 is 2.55 bits per heavy atom. The Morgan fingerprint density at radius 1 is 0.879 bits per heavy atom. The zero-order chi connectivity index (χ0) is 23.0. The van der Waals surface area contributed by atoms with E-state index in [9.17, 15) is 4.79 Å². The first-order chi connectivity index (χ1) is 16.1. The Hall–Kier alpha value is -3.16. The van der Waals surface area contributed by atoms with Gasteiger partial charge in [-0.15, -0.1) is 0 Å². The average molecular weight is 568 g/mol. The van der Waals surface area contributed by atoms with Gasteiger partial charge in [0.2, 0.25) is 0 Å². The zero-order valence-corrected chi connectivity index (χ0v) is 20.7. The Kier molecular flexibility index (Phi) is 7.75. The minimum atomic E-state index is -0.362. The summed E-state index contributed by atoms with van der Waals surface area (Å²) in [5.74, 6) is 0.906. The van der Waals surface area contributed by atoms with Crippen molar-refractivity contribution in [2.24, 2.45) is 5.10 Å². The monoisotopic (exact) mass is 566 g/mol. The lowest BCUT2D eigenvalue weighted by Gasteiger charge is -2.12. The van der Waals surface area contributed by atoms with Gasteiger partial charge in [-0.2, -0.15) is 5.10 Å². The van der Waals surface area contributed by atoms with E-state index in [1.807, 2.05) is 78.9 Å². The van der Waals surface area contributed by atoms with Gasteiger partial charge in [0, 0.05) is 10.0 Å². The number of hydrogen-bond acceptors (Lipinski definition) is 4. The van der Waals surface area contributed by atoms with Gasteiger partial charge in [-0.25, -0.2) is 5.43 Å². The van der Waals surface area contributed by atoms with Crippen LogP contribution in [0.15, 0.2) is 99.0 Å². The predicted octanol–water partition coefficient (Wildman–Crippen LogP) is 6.47. The lowest BCUT2D eigenvalue weighted by atomic mass is 10.0. The van der Waals surface area contributed by atoms with E-state index in [-0.39, 0.29) is 12.5 Å². The van der Waals surface area contributed by atoms with E-state index in [0.717, 1.165) is 30.8 Å². The first-order valence-corrected chi connectivity index (χ1v) is 11.8. The van der Waals surface area contributed by atoms with Crippen LogP contribution in [-0.2, 0) is 11.4 Å². The van der Waals surface area contributed by atoms with Crippen molar-refractivity contribution in [2.45, 2.75) is 6.61 Å². The van der Waals surface area contributed by atoms with Gasteiger partial charge in [-0.1, -0.05) is 70.5 Å². The van der Waals surface area contributed by atoms with E-state index in [1.165, 1.54) is 0 Å². The molecule has 0 atom stereocenters. The molecule has 166 valence electrons. The minimum absolute atomic E-state index is 0.151. The van der Waals surface area contributed by atoms with Crippen molar-refractivity contribution in [2.75, 3.05) is 6.61 Å². The molecule has 0 spiro atoms. The fourth-order valence-corrected chi connectivity index (χ4v) is 4.07. The summed E-state index contributed by atoms with van der Waals surface area (Å²) in [5, 5.41) is 6.18. The number of benzene rings is 4. The third kappa shape index (κ3) is 6.21. The second-order valence-electron chi connectivity index (χ2n) is 7.13. The van der Waals surface area contributed by atoms with Gasteiger partial charge in [-0.3, -0.25) is 4.79 Å². The number of rotatable bonds is 8. The second-order valence-corrected chi connectivity index (χ2v) is 8.90. The number of halogens is 2. The standard InChI is InChI=1S/C26H20Br2N2O3/c27-20-8-5-6-18(14-20)16-32-24-13-12-19-7-1-2-9-21(19)22(24)15-29-30-26(31)17-33-25-11-4-3-10-23(25)28/h1-15H,16-17H2,(H,30,31). The van der Waals surface area contributed by atoms with E-state index >= 15 is 0 Å². The molecule has 0 radical (unpaired) electrons. The zero-order valence-electron chi connectivity index (χ0n) is 17.5. The summed E-state index contributed by atoms with van der Waals surface area (Å²) in [6.07, 6.45) is 1.61. The summed E-state index contributed by atoms with van der Waals surface area (Å²) in [5.41, 5.74) is 4.35. The maximum absolute atomic E-state index is 12.2. The molecule has 4 aromatic rings. The number of ether oxygens (including phenoxy) is 2. The molecule has 5 nitrogen and oxygen atoms in total. The van der Waals surface area contributed by atoms with Crippen molar-refractivity contribution in [1.29, 1.82) is 0 Å². The molecule has 4 aromatic carbocycles. The molecule has 7 heteroatoms. The molecule has 0 aliphatic carbocycles. The number of nitrogens with zero attached hydrogens (tertiary/aromatic N) is 1. The largest absolute Gasteiger partial charge is 0.488 e. The fraction of sp³-hybridized carbons (Fsp3) is 0.0769. The number of hydrogen-bond donors (Lipinski definition) is 1. The second kappa shape index (κ2) is 11.1. The number of para-hydroxylation sites is 1. The molecular formula is C26H20Br2N2O3. The van der Waals surface area contributed by atoms with Crippen LogP contribution in [0, 0.1) is 0 Å². The number of nitrogens with one attached hydrogen (secondary N) is 1. The van der Waals surface area contributed by atoms with Crippen LogP contribution < -0.4 is 14.9 Å². The summed E-state index contributed by atoms with van der Waals surface area (Å²) < 4.78 is 13.4. The molecule has 1 N–H and O–H groups in total. The van der Waals surface area contributed by atoms with E-state index in [0.29, 0.717) is 18.1 Å². The molecule has 0 saturated carbocycles. The molecule has 0 aliphatic heterocycles. The molecule has 0 bridgehead atoms. The van der Waals surface area contributed by atoms with Crippen molar-refractivity contribution in [3.8, 4) is 11.5 Å². The number of carbonyl (C=O) groups excluding carboxylic acids is 1. The summed E-state index contributed by atoms with van der Waals surface area (Å²) in [6.45, 7) is 0.256. The van der Waals surface area contributed by atoms with Crippen molar-refractivity contribution < 1.29 is 14.3 Å². The highest BCUT2D eigenvalue weighted by Crippen LogP contribution is 2.28. The fourth-order valence-electron chi connectivity index (χ4n) is 3.23. The van der Waals surface area contributed by atoms with Crippen LogP contribution in [0.4, 0.5) is 0 Å². The van der Waals surface area contributed by atoms with Crippen LogP contribution in [-0.4, -0.2) is 18.7 Å². The van der Waals surface area contributed by atoms with Crippen LogP contribution in [0.25, 0.3) is 10.8 Å². The van der Waals surface area contributed by atoms with Gasteiger partial charge in [0.15, 0.2) is 6.61 Å². The van der Waals surface area contributed by atoms with Crippen molar-refractivity contribution in [3.05, 3.63) is 105 Å². The van der Waals surface area contributed by atoms with Crippen LogP contribution in [0.1, 0.15) is 11.1 Å².